The summed E-state index contributed by atoms with van der Waals surface area (Å²) in [5.41, 5.74) is 2.29. The fraction of sp³-hybridized carbons (Fsp3) is 0.562. The summed E-state index contributed by atoms with van der Waals surface area (Å²) in [5, 5.41) is 6.19. The zero-order chi connectivity index (χ0) is 14.3. The van der Waals surface area contributed by atoms with E-state index in [1.165, 1.54) is 5.56 Å². The second-order valence-corrected chi connectivity index (χ2v) is 5.29. The van der Waals surface area contributed by atoms with Crippen molar-refractivity contribution in [3.63, 3.8) is 0 Å². The van der Waals surface area contributed by atoms with Gasteiger partial charge in [0.15, 0.2) is 0 Å². The van der Waals surface area contributed by atoms with Crippen molar-refractivity contribution in [2.75, 3.05) is 11.9 Å². The van der Waals surface area contributed by atoms with Crippen LogP contribution in [0.4, 0.5) is 5.69 Å². The molecule has 1 aromatic rings. The number of anilines is 1. The lowest BCUT2D eigenvalue weighted by molar-refractivity contribution is -0.121. The molecule has 0 spiro atoms. The van der Waals surface area contributed by atoms with Crippen LogP contribution in [0.1, 0.15) is 52.0 Å². The molecule has 1 amide bonds. The average Bonchev–Trinajstić information content (AvgIpc) is 2.39. The highest BCUT2D eigenvalue weighted by atomic mass is 16.2. The smallest absolute Gasteiger partial charge is 0.242 e. The number of hydrogen-bond donors (Lipinski definition) is 2. The Morgan fingerprint density at radius 1 is 1.26 bits per heavy atom. The van der Waals surface area contributed by atoms with E-state index < -0.39 is 0 Å². The molecule has 0 radical (unpaired) electrons. The summed E-state index contributed by atoms with van der Waals surface area (Å²) in [6, 6.07) is 8.04. The van der Waals surface area contributed by atoms with Crippen LogP contribution in [0.2, 0.25) is 0 Å². The molecule has 0 bridgehead atoms. The van der Waals surface area contributed by atoms with Gasteiger partial charge in [0.25, 0.3) is 0 Å². The molecule has 3 nitrogen and oxygen atoms in total. The Balaban J connectivity index is 2.53. The van der Waals surface area contributed by atoms with Crippen LogP contribution in [-0.4, -0.2) is 18.5 Å². The van der Waals surface area contributed by atoms with Crippen molar-refractivity contribution < 1.29 is 4.79 Å². The summed E-state index contributed by atoms with van der Waals surface area (Å²) in [5.74, 6) is 0.554. The summed E-state index contributed by atoms with van der Waals surface area (Å²) in [6.07, 6.45) is 2.12. The van der Waals surface area contributed by atoms with Gasteiger partial charge in [-0.05, 0) is 37.0 Å². The van der Waals surface area contributed by atoms with E-state index in [-0.39, 0.29) is 11.9 Å². The quantitative estimate of drug-likeness (QED) is 0.738. The van der Waals surface area contributed by atoms with Crippen molar-refractivity contribution in [1.82, 2.24) is 5.32 Å². The average molecular weight is 262 g/mol. The molecule has 0 fully saturated rings. The second-order valence-electron chi connectivity index (χ2n) is 5.29. The minimum Gasteiger partial charge on any atom is -0.374 e. The standard InChI is InChI=1S/C16H26N2O/c1-5-6-10-17-16(19)13(4)18-15-9-7-8-14(11-15)12(2)3/h7-9,11-13,18H,5-6,10H2,1-4H3,(H,17,19). The van der Waals surface area contributed by atoms with Crippen molar-refractivity contribution in [1.29, 1.82) is 0 Å². The van der Waals surface area contributed by atoms with Gasteiger partial charge in [0.05, 0.1) is 0 Å². The van der Waals surface area contributed by atoms with Crippen LogP contribution in [0, 0.1) is 0 Å². The van der Waals surface area contributed by atoms with Crippen LogP contribution in [0.5, 0.6) is 0 Å². The number of benzene rings is 1. The molecule has 0 aliphatic carbocycles. The topological polar surface area (TPSA) is 41.1 Å². The highest BCUT2D eigenvalue weighted by Gasteiger charge is 2.12. The van der Waals surface area contributed by atoms with Crippen molar-refractivity contribution in [3.05, 3.63) is 29.8 Å². The predicted molar refractivity (Wildman–Crippen MR) is 81.5 cm³/mol. The van der Waals surface area contributed by atoms with E-state index in [2.05, 4.69) is 43.5 Å². The second kappa shape index (κ2) is 7.82. The molecule has 3 heteroatoms. The Morgan fingerprint density at radius 3 is 2.63 bits per heavy atom. The van der Waals surface area contributed by atoms with Crippen LogP contribution >= 0.6 is 0 Å². The third kappa shape index (κ3) is 5.33. The molecule has 1 aromatic carbocycles. The molecule has 19 heavy (non-hydrogen) atoms. The molecule has 0 aliphatic rings. The van der Waals surface area contributed by atoms with Gasteiger partial charge in [0, 0.05) is 12.2 Å². The number of rotatable bonds is 7. The number of amides is 1. The zero-order valence-electron chi connectivity index (χ0n) is 12.5. The minimum absolute atomic E-state index is 0.0587. The monoisotopic (exact) mass is 262 g/mol. The van der Waals surface area contributed by atoms with E-state index >= 15 is 0 Å². The maximum atomic E-state index is 11.9. The number of carbonyl (C=O) groups excluding carboxylic acids is 1. The van der Waals surface area contributed by atoms with Crippen molar-refractivity contribution in [2.45, 2.75) is 52.5 Å². The van der Waals surface area contributed by atoms with Crippen molar-refractivity contribution in [3.8, 4) is 0 Å². The Morgan fingerprint density at radius 2 is 2.00 bits per heavy atom. The van der Waals surface area contributed by atoms with Crippen LogP contribution in [0.25, 0.3) is 0 Å². The zero-order valence-corrected chi connectivity index (χ0v) is 12.5. The molecule has 1 rings (SSSR count). The molecular weight excluding hydrogens is 236 g/mol. The lowest BCUT2D eigenvalue weighted by Gasteiger charge is -2.16. The fourth-order valence-electron chi connectivity index (χ4n) is 1.84. The Labute approximate surface area is 116 Å². The van der Waals surface area contributed by atoms with Gasteiger partial charge in [0.2, 0.25) is 5.91 Å². The Hall–Kier alpha value is -1.51. The number of unbranched alkanes of at least 4 members (excludes halogenated alkanes) is 1. The Kier molecular flexibility index (Phi) is 6.40. The van der Waals surface area contributed by atoms with Crippen LogP contribution in [-0.2, 0) is 4.79 Å². The lowest BCUT2D eigenvalue weighted by atomic mass is 10.0. The largest absolute Gasteiger partial charge is 0.374 e. The van der Waals surface area contributed by atoms with Gasteiger partial charge in [0.1, 0.15) is 6.04 Å². The van der Waals surface area contributed by atoms with Gasteiger partial charge in [-0.1, -0.05) is 39.3 Å². The summed E-state index contributed by atoms with van der Waals surface area (Å²) in [7, 11) is 0. The summed E-state index contributed by atoms with van der Waals surface area (Å²) in [6.45, 7) is 9.10. The first-order valence-electron chi connectivity index (χ1n) is 7.18. The lowest BCUT2D eigenvalue weighted by Crippen LogP contribution is -2.38. The molecular formula is C16H26N2O. The van der Waals surface area contributed by atoms with Gasteiger partial charge in [-0.25, -0.2) is 0 Å². The van der Waals surface area contributed by atoms with Gasteiger partial charge < -0.3 is 10.6 Å². The molecule has 0 aromatic heterocycles. The number of nitrogens with one attached hydrogen (secondary N) is 2. The molecule has 106 valence electrons. The molecule has 0 aliphatic heterocycles. The van der Waals surface area contributed by atoms with Crippen LogP contribution in [0.3, 0.4) is 0 Å². The van der Waals surface area contributed by atoms with E-state index in [4.69, 9.17) is 0 Å². The predicted octanol–water partition coefficient (Wildman–Crippen LogP) is 3.53. The van der Waals surface area contributed by atoms with E-state index in [1.807, 2.05) is 19.1 Å². The van der Waals surface area contributed by atoms with E-state index in [1.54, 1.807) is 0 Å². The summed E-state index contributed by atoms with van der Waals surface area (Å²) in [4.78, 5) is 11.9. The molecule has 0 saturated heterocycles. The first-order valence-corrected chi connectivity index (χ1v) is 7.18. The maximum absolute atomic E-state index is 11.9. The SMILES string of the molecule is CCCCNC(=O)C(C)Nc1cccc(C(C)C)c1. The molecule has 1 atom stereocenters. The van der Waals surface area contributed by atoms with Crippen LogP contribution in [0.15, 0.2) is 24.3 Å². The van der Waals surface area contributed by atoms with Gasteiger partial charge in [-0.2, -0.15) is 0 Å². The molecule has 2 N–H and O–H groups in total. The highest BCUT2D eigenvalue weighted by Crippen LogP contribution is 2.18. The first kappa shape index (κ1) is 15.5. The number of hydrogen-bond acceptors (Lipinski definition) is 2. The minimum atomic E-state index is -0.209. The maximum Gasteiger partial charge on any atom is 0.242 e. The summed E-state index contributed by atoms with van der Waals surface area (Å²) >= 11 is 0. The van der Waals surface area contributed by atoms with Gasteiger partial charge in [-0.15, -0.1) is 0 Å². The summed E-state index contributed by atoms with van der Waals surface area (Å²) < 4.78 is 0. The van der Waals surface area contributed by atoms with E-state index in [0.717, 1.165) is 25.1 Å². The van der Waals surface area contributed by atoms with E-state index in [9.17, 15) is 4.79 Å². The molecule has 0 heterocycles. The van der Waals surface area contributed by atoms with E-state index in [0.29, 0.717) is 5.92 Å². The van der Waals surface area contributed by atoms with Crippen molar-refractivity contribution in [2.24, 2.45) is 0 Å². The molecule has 1 unspecified atom stereocenters. The van der Waals surface area contributed by atoms with Gasteiger partial charge in [-0.3, -0.25) is 4.79 Å². The number of carbonyl (C=O) groups is 1. The Bertz CT molecular complexity index is 401. The fourth-order valence-corrected chi connectivity index (χ4v) is 1.84. The molecule has 0 saturated carbocycles. The van der Waals surface area contributed by atoms with Crippen LogP contribution < -0.4 is 10.6 Å². The van der Waals surface area contributed by atoms with Crippen molar-refractivity contribution >= 4 is 11.6 Å². The van der Waals surface area contributed by atoms with Gasteiger partial charge >= 0.3 is 0 Å². The third-order valence-corrected chi connectivity index (χ3v) is 3.16. The normalized spacial score (nSPS) is 12.3. The third-order valence-electron chi connectivity index (χ3n) is 3.16. The first-order chi connectivity index (χ1) is 9.04. The highest BCUT2D eigenvalue weighted by molar-refractivity contribution is 5.84.